The van der Waals surface area contributed by atoms with E-state index in [9.17, 15) is 0 Å². The highest BCUT2D eigenvalue weighted by atomic mass is 16.5. The Hall–Kier alpha value is -2.36. The first-order valence-electron chi connectivity index (χ1n) is 10.9. The third kappa shape index (κ3) is 6.88. The standard InChI is InChI=1S/C18H21N3O.C3H8.2C2H6/c1-10(2)14-7-6-13(18(20-14)22-5)16-11(3)8-15-17(21-16)12(4)9-19-15;1-3-2;2*1-2/h6-10,19H,1-5H3;3H2,1-2H3;2*1-2H3. The number of pyridine rings is 2. The summed E-state index contributed by atoms with van der Waals surface area (Å²) in [6.45, 7) is 20.6. The summed E-state index contributed by atoms with van der Waals surface area (Å²) in [5.41, 5.74) is 7.19. The molecule has 0 unspecified atom stereocenters. The number of ether oxygens (including phenoxy) is 1. The lowest BCUT2D eigenvalue weighted by Crippen LogP contribution is -2.00. The molecule has 1 N–H and O–H groups in total. The Balaban J connectivity index is 0.00000100. The molecule has 0 aromatic carbocycles. The first-order valence-corrected chi connectivity index (χ1v) is 10.9. The number of fused-ring (bicyclic) bond motifs is 1. The Bertz CT molecular complexity index is 851. The maximum atomic E-state index is 5.51. The Morgan fingerprint density at radius 3 is 2.07 bits per heavy atom. The summed E-state index contributed by atoms with van der Waals surface area (Å²) in [6.07, 6.45) is 3.23. The smallest absolute Gasteiger partial charge is 0.222 e. The number of nitrogens with one attached hydrogen (secondary N) is 1. The van der Waals surface area contributed by atoms with E-state index in [2.05, 4.69) is 69.7 Å². The number of rotatable bonds is 3. The van der Waals surface area contributed by atoms with Crippen molar-refractivity contribution in [2.45, 2.75) is 81.6 Å². The fourth-order valence-corrected chi connectivity index (χ4v) is 2.66. The highest BCUT2D eigenvalue weighted by molar-refractivity contribution is 5.84. The van der Waals surface area contributed by atoms with Gasteiger partial charge >= 0.3 is 0 Å². The van der Waals surface area contributed by atoms with Crippen molar-refractivity contribution in [3.8, 4) is 17.1 Å². The number of hydrogen-bond acceptors (Lipinski definition) is 3. The molecule has 0 aliphatic heterocycles. The van der Waals surface area contributed by atoms with Crippen LogP contribution in [0.2, 0.25) is 0 Å². The van der Waals surface area contributed by atoms with E-state index < -0.39 is 0 Å². The third-order valence-corrected chi connectivity index (χ3v) is 3.95. The lowest BCUT2D eigenvalue weighted by atomic mass is 10.0. The zero-order chi connectivity index (χ0) is 22.6. The van der Waals surface area contributed by atoms with E-state index in [0.29, 0.717) is 11.8 Å². The summed E-state index contributed by atoms with van der Waals surface area (Å²) >= 11 is 0. The van der Waals surface area contributed by atoms with Gasteiger partial charge in [0.2, 0.25) is 5.88 Å². The van der Waals surface area contributed by atoms with Crippen LogP contribution in [0, 0.1) is 13.8 Å². The summed E-state index contributed by atoms with van der Waals surface area (Å²) in [4.78, 5) is 12.7. The molecule has 3 aromatic heterocycles. The van der Waals surface area contributed by atoms with Gasteiger partial charge in [-0.1, -0.05) is 61.8 Å². The molecule has 4 heteroatoms. The van der Waals surface area contributed by atoms with E-state index in [-0.39, 0.29) is 0 Å². The van der Waals surface area contributed by atoms with Crippen LogP contribution in [0.4, 0.5) is 0 Å². The summed E-state index contributed by atoms with van der Waals surface area (Å²) < 4.78 is 5.51. The van der Waals surface area contributed by atoms with Gasteiger partial charge in [-0.15, -0.1) is 0 Å². The molecule has 162 valence electrons. The van der Waals surface area contributed by atoms with Crippen LogP contribution in [0.5, 0.6) is 5.88 Å². The predicted molar refractivity (Wildman–Crippen MR) is 128 cm³/mol. The molecule has 0 amide bonds. The van der Waals surface area contributed by atoms with Crippen molar-refractivity contribution in [2.75, 3.05) is 7.11 Å². The average Bonchev–Trinajstić information content (AvgIpc) is 3.10. The highest BCUT2D eigenvalue weighted by Gasteiger charge is 2.15. The van der Waals surface area contributed by atoms with Gasteiger partial charge in [-0.05, 0) is 49.1 Å². The first-order chi connectivity index (χ1) is 13.9. The van der Waals surface area contributed by atoms with Gasteiger partial charge in [0, 0.05) is 11.9 Å². The number of nitrogens with zero attached hydrogens (tertiary/aromatic N) is 2. The molecule has 3 heterocycles. The average molecular weight is 400 g/mol. The molecule has 0 spiro atoms. The molecular formula is C25H41N3O. The van der Waals surface area contributed by atoms with Gasteiger partial charge in [0.15, 0.2) is 0 Å². The molecule has 0 bridgehead atoms. The van der Waals surface area contributed by atoms with Crippen LogP contribution in [0.15, 0.2) is 24.4 Å². The Morgan fingerprint density at radius 2 is 1.55 bits per heavy atom. The monoisotopic (exact) mass is 399 g/mol. The molecule has 0 atom stereocenters. The van der Waals surface area contributed by atoms with Crippen molar-refractivity contribution in [1.82, 2.24) is 15.0 Å². The molecule has 29 heavy (non-hydrogen) atoms. The minimum Gasteiger partial charge on any atom is -0.480 e. The van der Waals surface area contributed by atoms with Crippen molar-refractivity contribution >= 4 is 11.0 Å². The third-order valence-electron chi connectivity index (χ3n) is 3.95. The zero-order valence-corrected chi connectivity index (χ0v) is 20.4. The van der Waals surface area contributed by atoms with Gasteiger partial charge in [-0.25, -0.2) is 9.97 Å². The summed E-state index contributed by atoms with van der Waals surface area (Å²) in [5, 5.41) is 0. The molecule has 0 fully saturated rings. The number of hydrogen-bond donors (Lipinski definition) is 1. The fourth-order valence-electron chi connectivity index (χ4n) is 2.66. The van der Waals surface area contributed by atoms with Gasteiger partial charge < -0.3 is 9.72 Å². The summed E-state index contributed by atoms with van der Waals surface area (Å²) in [5.74, 6) is 1.00. The SMILES string of the molecule is CC.CC.CCC.COc1nc(C(C)C)ccc1-c1nc2c(C)c[nH]c2cc1C. The van der Waals surface area contributed by atoms with E-state index >= 15 is 0 Å². The quantitative estimate of drug-likeness (QED) is 0.488. The number of aromatic nitrogens is 3. The number of aromatic amines is 1. The van der Waals surface area contributed by atoms with Crippen LogP contribution in [0.25, 0.3) is 22.3 Å². The van der Waals surface area contributed by atoms with Crippen LogP contribution < -0.4 is 4.74 Å². The van der Waals surface area contributed by atoms with E-state index in [0.717, 1.165) is 39.1 Å². The van der Waals surface area contributed by atoms with Gasteiger partial charge in [-0.2, -0.15) is 0 Å². The van der Waals surface area contributed by atoms with Crippen molar-refractivity contribution < 1.29 is 4.74 Å². The van der Waals surface area contributed by atoms with Crippen molar-refractivity contribution in [1.29, 1.82) is 0 Å². The Morgan fingerprint density at radius 1 is 0.966 bits per heavy atom. The van der Waals surface area contributed by atoms with Crippen molar-refractivity contribution in [2.24, 2.45) is 0 Å². The minimum absolute atomic E-state index is 0.367. The van der Waals surface area contributed by atoms with Crippen LogP contribution >= 0.6 is 0 Å². The normalized spacial score (nSPS) is 9.66. The summed E-state index contributed by atoms with van der Waals surface area (Å²) in [6, 6.07) is 6.24. The van der Waals surface area contributed by atoms with Crippen LogP contribution in [0.3, 0.4) is 0 Å². The topological polar surface area (TPSA) is 50.8 Å². The van der Waals surface area contributed by atoms with E-state index in [1.165, 1.54) is 6.42 Å². The molecule has 0 radical (unpaired) electrons. The minimum atomic E-state index is 0.367. The molecule has 3 rings (SSSR count). The van der Waals surface area contributed by atoms with Crippen molar-refractivity contribution in [3.63, 3.8) is 0 Å². The van der Waals surface area contributed by atoms with Crippen LogP contribution in [0.1, 0.15) is 84.5 Å². The van der Waals surface area contributed by atoms with E-state index in [1.54, 1.807) is 7.11 Å². The second-order valence-electron chi connectivity index (χ2n) is 6.68. The second kappa shape index (κ2) is 13.8. The fraction of sp³-hybridized carbons (Fsp3) is 0.520. The van der Waals surface area contributed by atoms with Gasteiger partial charge in [0.25, 0.3) is 0 Å². The van der Waals surface area contributed by atoms with Gasteiger partial charge in [0.05, 0.1) is 29.4 Å². The van der Waals surface area contributed by atoms with Gasteiger partial charge in [-0.3, -0.25) is 0 Å². The van der Waals surface area contributed by atoms with Crippen LogP contribution in [-0.4, -0.2) is 22.1 Å². The maximum Gasteiger partial charge on any atom is 0.222 e. The molecule has 0 aliphatic rings. The second-order valence-corrected chi connectivity index (χ2v) is 6.68. The first kappa shape index (κ1) is 26.6. The van der Waals surface area contributed by atoms with Crippen molar-refractivity contribution in [3.05, 3.63) is 41.2 Å². The Kier molecular flexibility index (Phi) is 12.6. The number of methoxy groups -OCH3 is 1. The molecule has 0 saturated heterocycles. The molecule has 0 aliphatic carbocycles. The number of aryl methyl sites for hydroxylation is 2. The largest absolute Gasteiger partial charge is 0.480 e. The zero-order valence-electron chi connectivity index (χ0n) is 20.4. The van der Waals surface area contributed by atoms with E-state index in [4.69, 9.17) is 9.72 Å². The molecule has 3 aromatic rings. The maximum absolute atomic E-state index is 5.51. The number of H-pyrrole nitrogens is 1. The highest BCUT2D eigenvalue weighted by Crippen LogP contribution is 2.32. The summed E-state index contributed by atoms with van der Waals surface area (Å²) in [7, 11) is 1.66. The molecular weight excluding hydrogens is 358 g/mol. The molecule has 0 saturated carbocycles. The Labute approximate surface area is 178 Å². The lowest BCUT2D eigenvalue weighted by Gasteiger charge is -2.13. The van der Waals surface area contributed by atoms with Gasteiger partial charge in [0.1, 0.15) is 0 Å². The van der Waals surface area contributed by atoms with Crippen LogP contribution in [-0.2, 0) is 0 Å². The molecule has 4 nitrogen and oxygen atoms in total. The lowest BCUT2D eigenvalue weighted by molar-refractivity contribution is 0.397. The van der Waals surface area contributed by atoms with E-state index in [1.807, 2.05) is 33.9 Å². The predicted octanol–water partition coefficient (Wildman–Crippen LogP) is 7.84.